The van der Waals surface area contributed by atoms with Gasteiger partial charge in [0.15, 0.2) is 11.5 Å². The van der Waals surface area contributed by atoms with E-state index in [-0.39, 0.29) is 0 Å². The molecule has 0 atom stereocenters. The molecule has 0 radical (unpaired) electrons. The van der Waals surface area contributed by atoms with Crippen molar-refractivity contribution in [3.63, 3.8) is 0 Å². The number of rotatable bonds is 4. The van der Waals surface area contributed by atoms with Crippen LogP contribution >= 0.6 is 0 Å². The molecule has 5 rings (SSSR count). The summed E-state index contributed by atoms with van der Waals surface area (Å²) in [5, 5.41) is 11.9. The lowest BCUT2D eigenvalue weighted by atomic mass is 9.96. The van der Waals surface area contributed by atoms with Gasteiger partial charge in [0.2, 0.25) is 0 Å². The molecule has 1 saturated heterocycles. The quantitative estimate of drug-likeness (QED) is 0.449. The molecule has 0 saturated carbocycles. The maximum absolute atomic E-state index is 10.6. The third-order valence-corrected chi connectivity index (χ3v) is 5.76. The Balaban J connectivity index is 0.000000364. The highest BCUT2D eigenvalue weighted by atomic mass is 19.4. The minimum atomic E-state index is -5.08. The van der Waals surface area contributed by atoms with Gasteiger partial charge >= 0.3 is 12.1 Å². The van der Waals surface area contributed by atoms with Crippen LogP contribution in [0.2, 0.25) is 0 Å². The number of alkyl halides is 3. The fraction of sp³-hybridized carbons (Fsp3) is 0.280. The topological polar surface area (TPSA) is 83.6 Å². The van der Waals surface area contributed by atoms with Crippen molar-refractivity contribution in [1.29, 1.82) is 0 Å². The van der Waals surface area contributed by atoms with Crippen LogP contribution < -0.4 is 0 Å². The molecular weight excluding hydrogens is 459 g/mol. The Bertz CT molecular complexity index is 1250. The Morgan fingerprint density at radius 1 is 0.971 bits per heavy atom. The first-order valence-corrected chi connectivity index (χ1v) is 11.1. The number of hydrogen-bond donors (Lipinski definition) is 1. The summed E-state index contributed by atoms with van der Waals surface area (Å²) in [5.74, 6) is -1.35. The van der Waals surface area contributed by atoms with Crippen LogP contribution in [0.4, 0.5) is 13.2 Å². The molecule has 0 aliphatic carbocycles. The molecule has 0 spiro atoms. The molecule has 4 aromatic rings. The first-order chi connectivity index (χ1) is 16.8. The summed E-state index contributed by atoms with van der Waals surface area (Å²) in [6, 6.07) is 20.7. The van der Waals surface area contributed by atoms with Gasteiger partial charge in [-0.25, -0.2) is 14.3 Å². The average Bonchev–Trinajstić information content (AvgIpc) is 3.29. The number of carbonyl (C=O) groups is 1. The lowest BCUT2D eigenvalue weighted by Gasteiger charge is -2.30. The van der Waals surface area contributed by atoms with Crippen molar-refractivity contribution in [3.8, 4) is 11.1 Å². The van der Waals surface area contributed by atoms with Crippen LogP contribution in [0.1, 0.15) is 30.3 Å². The molecule has 4 heterocycles. The molecule has 1 aliphatic rings. The zero-order chi connectivity index (χ0) is 24.8. The van der Waals surface area contributed by atoms with Crippen LogP contribution in [0.5, 0.6) is 0 Å². The van der Waals surface area contributed by atoms with Crippen molar-refractivity contribution in [2.45, 2.75) is 31.5 Å². The highest BCUT2D eigenvalue weighted by Crippen LogP contribution is 2.27. The van der Waals surface area contributed by atoms with E-state index >= 15 is 0 Å². The molecule has 1 N–H and O–H groups in total. The Kier molecular flexibility index (Phi) is 7.40. The van der Waals surface area contributed by atoms with Crippen molar-refractivity contribution in [3.05, 3.63) is 84.6 Å². The summed E-state index contributed by atoms with van der Waals surface area (Å²) in [6.45, 7) is 3.05. The molecule has 3 aromatic heterocycles. The van der Waals surface area contributed by atoms with Crippen molar-refractivity contribution in [1.82, 2.24) is 24.5 Å². The number of carboxylic acid groups (broad SMARTS) is 1. The van der Waals surface area contributed by atoms with Gasteiger partial charge in [0.25, 0.3) is 0 Å². The summed E-state index contributed by atoms with van der Waals surface area (Å²) in [7, 11) is 0. The Morgan fingerprint density at radius 2 is 1.66 bits per heavy atom. The van der Waals surface area contributed by atoms with Gasteiger partial charge in [-0.05, 0) is 55.8 Å². The predicted molar refractivity (Wildman–Crippen MR) is 124 cm³/mol. The van der Waals surface area contributed by atoms with Crippen molar-refractivity contribution >= 4 is 11.6 Å². The summed E-state index contributed by atoms with van der Waals surface area (Å²) >= 11 is 0. The molecular formula is C25H24F3N5O2. The summed E-state index contributed by atoms with van der Waals surface area (Å²) < 4.78 is 33.7. The van der Waals surface area contributed by atoms with E-state index < -0.39 is 12.1 Å². The number of carboxylic acids is 1. The fourth-order valence-electron chi connectivity index (χ4n) is 3.94. The lowest BCUT2D eigenvalue weighted by Crippen LogP contribution is -2.33. The summed E-state index contributed by atoms with van der Waals surface area (Å²) in [4.78, 5) is 20.6. The fourth-order valence-corrected chi connectivity index (χ4v) is 3.94. The highest BCUT2D eigenvalue weighted by molar-refractivity contribution is 5.73. The number of likely N-dealkylation sites (tertiary alicyclic amines) is 1. The van der Waals surface area contributed by atoms with Crippen LogP contribution in [0.3, 0.4) is 0 Å². The number of pyridine rings is 2. The number of fused-ring (bicyclic) bond motifs is 1. The second-order valence-corrected chi connectivity index (χ2v) is 8.23. The van der Waals surface area contributed by atoms with Crippen molar-refractivity contribution in [2.75, 3.05) is 13.1 Å². The standard InChI is InChI=1S/C23H23N5.C2HF3O2/c1-2-6-18(7-3-1)20-9-10-22-25-23(26-28(22)16-20)19-11-14-27(15-12-19)17-21-8-4-5-13-24-21;3-2(4,5)1(6)7/h1-10,13,16,19H,11-12,14-15,17H2;(H,6,7). The smallest absolute Gasteiger partial charge is 0.475 e. The zero-order valence-corrected chi connectivity index (χ0v) is 18.8. The normalized spacial score (nSPS) is 14.9. The lowest BCUT2D eigenvalue weighted by molar-refractivity contribution is -0.192. The summed E-state index contributed by atoms with van der Waals surface area (Å²) in [5.41, 5.74) is 4.42. The van der Waals surface area contributed by atoms with E-state index in [9.17, 15) is 13.2 Å². The molecule has 1 aliphatic heterocycles. The number of nitrogens with zero attached hydrogens (tertiary/aromatic N) is 5. The van der Waals surface area contributed by atoms with E-state index in [0.29, 0.717) is 5.92 Å². The van der Waals surface area contributed by atoms with Gasteiger partial charge < -0.3 is 5.11 Å². The molecule has 182 valence electrons. The summed E-state index contributed by atoms with van der Waals surface area (Å²) in [6.07, 6.45) is 1.05. The Hall–Kier alpha value is -3.79. The van der Waals surface area contributed by atoms with Gasteiger partial charge in [-0.2, -0.15) is 18.3 Å². The molecule has 1 aromatic carbocycles. The molecule has 1 fully saturated rings. The highest BCUT2D eigenvalue weighted by Gasteiger charge is 2.38. The number of aromatic nitrogens is 4. The maximum Gasteiger partial charge on any atom is 0.490 e. The zero-order valence-electron chi connectivity index (χ0n) is 18.8. The monoisotopic (exact) mass is 483 g/mol. The van der Waals surface area contributed by atoms with Crippen LogP contribution in [0, 0.1) is 0 Å². The number of benzene rings is 1. The maximum atomic E-state index is 10.6. The van der Waals surface area contributed by atoms with E-state index in [0.717, 1.165) is 55.2 Å². The molecule has 10 heteroatoms. The van der Waals surface area contributed by atoms with E-state index in [2.05, 4.69) is 64.6 Å². The molecule has 0 bridgehead atoms. The SMILES string of the molecule is O=C(O)C(F)(F)F.c1ccc(-c2ccc3nc(C4CCN(Cc5ccccn5)CC4)nn3c2)cc1. The van der Waals surface area contributed by atoms with Gasteiger partial charge in [-0.1, -0.05) is 36.4 Å². The number of aliphatic carboxylic acids is 1. The van der Waals surface area contributed by atoms with E-state index in [1.54, 1.807) is 0 Å². The molecule has 35 heavy (non-hydrogen) atoms. The molecule has 0 amide bonds. The van der Waals surface area contributed by atoms with Gasteiger partial charge in [-0.15, -0.1) is 0 Å². The van der Waals surface area contributed by atoms with Crippen LogP contribution in [0.15, 0.2) is 73.1 Å². The van der Waals surface area contributed by atoms with E-state index in [1.807, 2.05) is 22.8 Å². The second-order valence-electron chi connectivity index (χ2n) is 8.23. The van der Waals surface area contributed by atoms with E-state index in [1.165, 1.54) is 5.56 Å². The number of hydrogen-bond acceptors (Lipinski definition) is 5. The van der Waals surface area contributed by atoms with Crippen LogP contribution in [-0.4, -0.2) is 54.8 Å². The Morgan fingerprint density at radius 3 is 2.29 bits per heavy atom. The van der Waals surface area contributed by atoms with Gasteiger partial charge in [0.1, 0.15) is 0 Å². The molecule has 7 nitrogen and oxygen atoms in total. The van der Waals surface area contributed by atoms with Gasteiger partial charge in [0.05, 0.1) is 5.69 Å². The third kappa shape index (κ3) is 6.42. The van der Waals surface area contributed by atoms with E-state index in [4.69, 9.17) is 20.0 Å². The molecule has 0 unspecified atom stereocenters. The van der Waals surface area contributed by atoms with Crippen molar-refractivity contribution < 1.29 is 23.1 Å². The first-order valence-electron chi connectivity index (χ1n) is 11.1. The Labute approximate surface area is 199 Å². The predicted octanol–water partition coefficient (Wildman–Crippen LogP) is 4.80. The number of halogens is 3. The van der Waals surface area contributed by atoms with Gasteiger partial charge in [0, 0.05) is 30.4 Å². The van der Waals surface area contributed by atoms with Crippen LogP contribution in [-0.2, 0) is 11.3 Å². The second kappa shape index (κ2) is 10.6. The minimum Gasteiger partial charge on any atom is -0.475 e. The first kappa shape index (κ1) is 24.3. The average molecular weight is 483 g/mol. The van der Waals surface area contributed by atoms with Crippen LogP contribution in [0.25, 0.3) is 16.8 Å². The third-order valence-electron chi connectivity index (χ3n) is 5.76. The van der Waals surface area contributed by atoms with Gasteiger partial charge in [-0.3, -0.25) is 9.88 Å². The van der Waals surface area contributed by atoms with Crippen molar-refractivity contribution in [2.24, 2.45) is 0 Å². The minimum absolute atomic E-state index is 0.431. The number of piperidine rings is 1. The largest absolute Gasteiger partial charge is 0.490 e.